The van der Waals surface area contributed by atoms with Gasteiger partial charge < -0.3 is 14.8 Å². The number of methoxy groups -OCH3 is 2. The summed E-state index contributed by atoms with van der Waals surface area (Å²) in [5.74, 6) is 1.52. The second-order valence-electron chi connectivity index (χ2n) is 8.68. The standard InChI is InChI=1S/C25H30N8O4S/c1-15-10-18(14-27-11-15)24-30-31-25(33(24)22-19(36-5)8-7-9-20(22)37-6)32-38(34,35)17(3)21(26-4)23-28-12-16(2)13-29-23/h7-14,17,21,26H,1-6H3,(H,31,32)/t17-,21+/m1/s1. The number of benzene rings is 1. The van der Waals surface area contributed by atoms with Crippen LogP contribution >= 0.6 is 0 Å². The van der Waals surface area contributed by atoms with Crippen molar-refractivity contribution in [3.8, 4) is 28.6 Å². The van der Waals surface area contributed by atoms with E-state index >= 15 is 0 Å². The van der Waals surface area contributed by atoms with Crippen molar-refractivity contribution < 1.29 is 17.9 Å². The molecule has 12 nitrogen and oxygen atoms in total. The monoisotopic (exact) mass is 538 g/mol. The number of sulfonamides is 1. The summed E-state index contributed by atoms with van der Waals surface area (Å²) in [7, 11) is 0.646. The number of para-hydroxylation sites is 1. The summed E-state index contributed by atoms with van der Waals surface area (Å²) in [5, 5.41) is 10.6. The average Bonchev–Trinajstić information content (AvgIpc) is 3.31. The quantitative estimate of drug-likeness (QED) is 0.309. The van der Waals surface area contributed by atoms with Crippen molar-refractivity contribution in [2.24, 2.45) is 0 Å². The highest BCUT2D eigenvalue weighted by molar-refractivity contribution is 7.93. The summed E-state index contributed by atoms with van der Waals surface area (Å²) in [6.07, 6.45) is 6.63. The van der Waals surface area contributed by atoms with Crippen LogP contribution in [0.5, 0.6) is 11.5 Å². The first-order valence-corrected chi connectivity index (χ1v) is 13.3. The lowest BCUT2D eigenvalue weighted by Crippen LogP contribution is -2.38. The zero-order valence-electron chi connectivity index (χ0n) is 22.0. The van der Waals surface area contributed by atoms with Gasteiger partial charge in [0.2, 0.25) is 16.0 Å². The summed E-state index contributed by atoms with van der Waals surface area (Å²) < 4.78 is 42.7. The maximum Gasteiger partial charge on any atom is 0.243 e. The van der Waals surface area contributed by atoms with Gasteiger partial charge in [0.1, 0.15) is 28.3 Å². The fraction of sp³-hybridized carbons (Fsp3) is 0.320. The van der Waals surface area contributed by atoms with Crippen LogP contribution < -0.4 is 19.5 Å². The molecule has 0 bridgehead atoms. The van der Waals surface area contributed by atoms with Crippen molar-refractivity contribution in [2.45, 2.75) is 32.1 Å². The molecule has 2 N–H and O–H groups in total. The second kappa shape index (κ2) is 11.1. The van der Waals surface area contributed by atoms with E-state index in [1.54, 1.807) is 61.5 Å². The molecule has 3 heterocycles. The molecule has 0 saturated carbocycles. The van der Waals surface area contributed by atoms with E-state index in [1.165, 1.54) is 14.2 Å². The van der Waals surface area contributed by atoms with Crippen LogP contribution in [0.15, 0.2) is 49.1 Å². The average molecular weight is 539 g/mol. The third kappa shape index (κ3) is 5.29. The van der Waals surface area contributed by atoms with Crippen molar-refractivity contribution in [3.05, 3.63) is 66.0 Å². The lowest BCUT2D eigenvalue weighted by atomic mass is 10.2. The third-order valence-electron chi connectivity index (χ3n) is 6.00. The number of hydrogen-bond acceptors (Lipinski definition) is 10. The molecule has 13 heteroatoms. The van der Waals surface area contributed by atoms with Crippen LogP contribution in [0.2, 0.25) is 0 Å². The molecule has 1 aromatic carbocycles. The van der Waals surface area contributed by atoms with Crippen molar-refractivity contribution >= 4 is 16.0 Å². The largest absolute Gasteiger partial charge is 0.494 e. The van der Waals surface area contributed by atoms with E-state index in [-0.39, 0.29) is 5.95 Å². The number of rotatable bonds is 10. The molecular formula is C25H30N8O4S. The van der Waals surface area contributed by atoms with Crippen molar-refractivity contribution in [1.82, 2.24) is 35.0 Å². The Labute approximate surface area is 221 Å². The van der Waals surface area contributed by atoms with Crippen LogP contribution in [0.25, 0.3) is 17.1 Å². The molecule has 0 aliphatic rings. The number of ether oxygens (including phenoxy) is 2. The van der Waals surface area contributed by atoms with Gasteiger partial charge in [-0.15, -0.1) is 10.2 Å². The van der Waals surface area contributed by atoms with Crippen LogP contribution in [0.3, 0.4) is 0 Å². The number of nitrogens with zero attached hydrogens (tertiary/aromatic N) is 6. The normalized spacial score (nSPS) is 13.1. The van der Waals surface area contributed by atoms with Gasteiger partial charge in [-0.1, -0.05) is 6.07 Å². The van der Waals surface area contributed by atoms with E-state index in [2.05, 4.69) is 35.2 Å². The van der Waals surface area contributed by atoms with Gasteiger partial charge in [-0.25, -0.2) is 18.4 Å². The summed E-state index contributed by atoms with van der Waals surface area (Å²) in [6.45, 7) is 5.33. The predicted octanol–water partition coefficient (Wildman–Crippen LogP) is 2.84. The molecule has 0 unspecified atom stereocenters. The lowest BCUT2D eigenvalue weighted by Gasteiger charge is -2.23. The Balaban J connectivity index is 1.84. The molecule has 38 heavy (non-hydrogen) atoms. The van der Waals surface area contributed by atoms with Crippen molar-refractivity contribution in [1.29, 1.82) is 0 Å². The zero-order chi connectivity index (χ0) is 27.4. The smallest absolute Gasteiger partial charge is 0.243 e. The van der Waals surface area contributed by atoms with Crippen LogP contribution in [0.1, 0.15) is 29.9 Å². The van der Waals surface area contributed by atoms with E-state index < -0.39 is 21.3 Å². The van der Waals surface area contributed by atoms with E-state index in [0.29, 0.717) is 34.4 Å². The molecule has 0 aliphatic carbocycles. The minimum atomic E-state index is -4.04. The fourth-order valence-electron chi connectivity index (χ4n) is 4.01. The highest BCUT2D eigenvalue weighted by Gasteiger charge is 2.34. The number of aryl methyl sites for hydroxylation is 2. The van der Waals surface area contributed by atoms with Crippen LogP contribution in [0, 0.1) is 13.8 Å². The van der Waals surface area contributed by atoms with E-state index in [4.69, 9.17) is 9.47 Å². The summed E-state index contributed by atoms with van der Waals surface area (Å²) in [4.78, 5) is 12.9. The van der Waals surface area contributed by atoms with Gasteiger partial charge in [0, 0.05) is 30.4 Å². The molecule has 2 atom stereocenters. The molecule has 0 fully saturated rings. The van der Waals surface area contributed by atoms with Gasteiger partial charge in [0.05, 0.1) is 20.3 Å². The molecule has 4 aromatic rings. The lowest BCUT2D eigenvalue weighted by molar-refractivity contribution is 0.391. The van der Waals surface area contributed by atoms with Crippen LogP contribution in [0.4, 0.5) is 5.95 Å². The van der Waals surface area contributed by atoms with Gasteiger partial charge in [-0.2, -0.15) is 0 Å². The van der Waals surface area contributed by atoms with Gasteiger partial charge in [-0.3, -0.25) is 14.3 Å². The maximum atomic E-state index is 13.7. The Hall–Kier alpha value is -4.10. The number of pyridine rings is 1. The van der Waals surface area contributed by atoms with Crippen molar-refractivity contribution in [2.75, 3.05) is 26.0 Å². The Kier molecular flexibility index (Phi) is 7.88. The number of aromatic nitrogens is 6. The topological polar surface area (TPSA) is 146 Å². The summed E-state index contributed by atoms with van der Waals surface area (Å²) in [6, 6.07) is 6.43. The molecular weight excluding hydrogens is 508 g/mol. The Morgan fingerprint density at radius 2 is 1.61 bits per heavy atom. The Morgan fingerprint density at radius 3 is 2.18 bits per heavy atom. The van der Waals surface area contributed by atoms with Crippen molar-refractivity contribution in [3.63, 3.8) is 0 Å². The van der Waals surface area contributed by atoms with E-state index in [1.807, 2.05) is 19.9 Å². The minimum Gasteiger partial charge on any atom is -0.494 e. The minimum absolute atomic E-state index is 0.0455. The number of anilines is 1. The van der Waals surface area contributed by atoms with Gasteiger partial charge in [0.15, 0.2) is 5.82 Å². The molecule has 0 radical (unpaired) electrons. The van der Waals surface area contributed by atoms with Crippen LogP contribution in [-0.2, 0) is 10.0 Å². The Bertz CT molecular complexity index is 1500. The second-order valence-corrected chi connectivity index (χ2v) is 10.7. The fourth-order valence-corrected chi connectivity index (χ4v) is 5.20. The van der Waals surface area contributed by atoms with Gasteiger partial charge in [-0.05, 0) is 57.1 Å². The van der Waals surface area contributed by atoms with Gasteiger partial charge in [0.25, 0.3) is 0 Å². The summed E-state index contributed by atoms with van der Waals surface area (Å²) in [5.41, 5.74) is 2.82. The molecule has 3 aromatic heterocycles. The van der Waals surface area contributed by atoms with E-state index in [9.17, 15) is 8.42 Å². The zero-order valence-corrected chi connectivity index (χ0v) is 22.8. The maximum absolute atomic E-state index is 13.7. The molecule has 0 spiro atoms. The van der Waals surface area contributed by atoms with Crippen LogP contribution in [-0.4, -0.2) is 64.7 Å². The van der Waals surface area contributed by atoms with E-state index in [0.717, 1.165) is 11.1 Å². The third-order valence-corrected chi connectivity index (χ3v) is 7.72. The molecule has 4 rings (SSSR count). The highest BCUT2D eigenvalue weighted by Crippen LogP contribution is 2.38. The molecule has 0 saturated heterocycles. The molecule has 200 valence electrons. The first-order valence-electron chi connectivity index (χ1n) is 11.8. The molecule has 0 amide bonds. The first-order chi connectivity index (χ1) is 18.2. The molecule has 0 aliphatic heterocycles. The highest BCUT2D eigenvalue weighted by atomic mass is 32.2. The van der Waals surface area contributed by atoms with Gasteiger partial charge >= 0.3 is 0 Å². The Morgan fingerprint density at radius 1 is 0.947 bits per heavy atom. The first kappa shape index (κ1) is 26.9. The number of nitrogens with one attached hydrogen (secondary N) is 2. The predicted molar refractivity (Wildman–Crippen MR) is 143 cm³/mol. The number of hydrogen-bond donors (Lipinski definition) is 2. The summed E-state index contributed by atoms with van der Waals surface area (Å²) >= 11 is 0. The SMILES string of the molecule is CN[C@H](c1ncc(C)cn1)[C@@H](C)S(=O)(=O)Nc1nnc(-c2cncc(C)c2)n1-c1c(OC)cccc1OC.